The maximum atomic E-state index is 12.3. The van der Waals surface area contributed by atoms with Gasteiger partial charge >= 0.3 is 0 Å². The molecule has 1 unspecified atom stereocenters. The van der Waals surface area contributed by atoms with Gasteiger partial charge < -0.3 is 4.90 Å². The molecule has 0 aromatic heterocycles. The second kappa shape index (κ2) is 6.41. The highest BCUT2D eigenvalue weighted by Gasteiger charge is 2.37. The second-order valence-electron chi connectivity index (χ2n) is 6.36. The predicted molar refractivity (Wildman–Crippen MR) is 75.3 cm³/mol. The second-order valence-corrected chi connectivity index (χ2v) is 6.36. The molecule has 0 bridgehead atoms. The lowest BCUT2D eigenvalue weighted by Gasteiger charge is -2.44. The smallest absolute Gasteiger partial charge is 0.239 e. The summed E-state index contributed by atoms with van der Waals surface area (Å²) in [5, 5.41) is 9.10. The molecule has 1 spiro atoms. The van der Waals surface area contributed by atoms with Gasteiger partial charge in [-0.2, -0.15) is 5.26 Å². The van der Waals surface area contributed by atoms with Crippen LogP contribution in [0.3, 0.4) is 0 Å². The van der Waals surface area contributed by atoms with Crippen LogP contribution in [0, 0.1) is 22.7 Å². The minimum absolute atomic E-state index is 0.0787. The minimum Gasteiger partial charge on any atom is -0.342 e. The first-order valence-corrected chi connectivity index (χ1v) is 7.89. The Morgan fingerprint density at radius 2 is 1.84 bits per heavy atom. The monoisotopic (exact) mass is 262 g/mol. The molecule has 0 aromatic carbocycles. The summed E-state index contributed by atoms with van der Waals surface area (Å²) in [6.45, 7) is 3.78. The van der Waals surface area contributed by atoms with E-state index in [1.165, 1.54) is 32.1 Å². The summed E-state index contributed by atoms with van der Waals surface area (Å²) in [5.74, 6) is -0.333. The van der Waals surface area contributed by atoms with Crippen LogP contribution in [0.1, 0.15) is 64.7 Å². The van der Waals surface area contributed by atoms with E-state index in [2.05, 4.69) is 6.07 Å². The van der Waals surface area contributed by atoms with E-state index in [1.807, 2.05) is 11.8 Å². The third-order valence-corrected chi connectivity index (χ3v) is 5.08. The van der Waals surface area contributed by atoms with Crippen LogP contribution in [0.25, 0.3) is 0 Å². The summed E-state index contributed by atoms with van der Waals surface area (Å²) >= 11 is 0. The van der Waals surface area contributed by atoms with Gasteiger partial charge in [-0.25, -0.2) is 0 Å². The molecule has 1 atom stereocenters. The molecule has 106 valence electrons. The van der Waals surface area contributed by atoms with Crippen LogP contribution < -0.4 is 0 Å². The van der Waals surface area contributed by atoms with Gasteiger partial charge in [0.05, 0.1) is 6.07 Å². The summed E-state index contributed by atoms with van der Waals surface area (Å²) in [5.41, 5.74) is 0.530. The largest absolute Gasteiger partial charge is 0.342 e. The number of nitrogens with zero attached hydrogens (tertiary/aromatic N) is 2. The van der Waals surface area contributed by atoms with Crippen LogP contribution in [0.15, 0.2) is 0 Å². The van der Waals surface area contributed by atoms with E-state index in [4.69, 9.17) is 5.26 Å². The zero-order chi connectivity index (χ0) is 13.7. The molecule has 3 heteroatoms. The van der Waals surface area contributed by atoms with E-state index in [0.29, 0.717) is 11.8 Å². The van der Waals surface area contributed by atoms with Crippen molar-refractivity contribution in [2.24, 2.45) is 11.3 Å². The van der Waals surface area contributed by atoms with Crippen molar-refractivity contribution >= 4 is 5.91 Å². The Bertz CT molecular complexity index is 342. The average molecular weight is 262 g/mol. The first-order chi connectivity index (χ1) is 9.21. The van der Waals surface area contributed by atoms with Crippen LogP contribution in [-0.4, -0.2) is 23.9 Å². The number of likely N-dealkylation sites (tertiary alicyclic amines) is 1. The SMILES string of the molecule is CCCC(C#N)C(=O)N1CCC2(CCCCC2)CC1. The van der Waals surface area contributed by atoms with Crippen LogP contribution in [0.2, 0.25) is 0 Å². The summed E-state index contributed by atoms with van der Waals surface area (Å²) < 4.78 is 0. The van der Waals surface area contributed by atoms with Crippen molar-refractivity contribution in [2.75, 3.05) is 13.1 Å². The highest BCUT2D eigenvalue weighted by molar-refractivity contribution is 5.81. The summed E-state index contributed by atoms with van der Waals surface area (Å²) in [7, 11) is 0. The standard InChI is InChI=1S/C16H26N2O/c1-2-6-14(13-17)15(19)18-11-9-16(10-12-18)7-4-3-5-8-16/h14H,2-12H2,1H3. The normalized spacial score (nSPS) is 23.9. The zero-order valence-electron chi connectivity index (χ0n) is 12.2. The van der Waals surface area contributed by atoms with Crippen LogP contribution >= 0.6 is 0 Å². The van der Waals surface area contributed by atoms with Gasteiger partial charge in [0.15, 0.2) is 0 Å². The first kappa shape index (κ1) is 14.4. The van der Waals surface area contributed by atoms with E-state index in [0.717, 1.165) is 32.4 Å². The van der Waals surface area contributed by atoms with Crippen molar-refractivity contribution in [1.29, 1.82) is 5.26 Å². The van der Waals surface area contributed by atoms with Gasteiger partial charge in [0, 0.05) is 13.1 Å². The molecule has 3 nitrogen and oxygen atoms in total. The highest BCUT2D eigenvalue weighted by Crippen LogP contribution is 2.44. The van der Waals surface area contributed by atoms with Gasteiger partial charge in [-0.3, -0.25) is 4.79 Å². The molecule has 2 fully saturated rings. The molecule has 2 rings (SSSR count). The lowest BCUT2D eigenvalue weighted by molar-refractivity contribution is -0.136. The van der Waals surface area contributed by atoms with Crippen LogP contribution in [0.4, 0.5) is 0 Å². The predicted octanol–water partition coefficient (Wildman–Crippen LogP) is 3.50. The number of carbonyl (C=O) groups is 1. The number of rotatable bonds is 3. The number of nitriles is 1. The summed E-state index contributed by atoms with van der Waals surface area (Å²) in [6, 6.07) is 2.18. The van der Waals surface area contributed by atoms with Crippen LogP contribution in [-0.2, 0) is 4.79 Å². The minimum atomic E-state index is -0.412. The highest BCUT2D eigenvalue weighted by atomic mass is 16.2. The molecule has 0 aromatic rings. The molecule has 0 radical (unpaired) electrons. The van der Waals surface area contributed by atoms with E-state index < -0.39 is 5.92 Å². The Labute approximate surface area is 117 Å². The molecule has 2 aliphatic rings. The van der Waals surface area contributed by atoms with Gasteiger partial charge in [-0.05, 0) is 37.5 Å². The van der Waals surface area contributed by atoms with E-state index in [-0.39, 0.29) is 5.91 Å². The Hall–Kier alpha value is -1.04. The van der Waals surface area contributed by atoms with Crippen molar-refractivity contribution in [3.05, 3.63) is 0 Å². The van der Waals surface area contributed by atoms with Gasteiger partial charge in [-0.15, -0.1) is 0 Å². The van der Waals surface area contributed by atoms with Gasteiger partial charge in [-0.1, -0.05) is 32.6 Å². The maximum Gasteiger partial charge on any atom is 0.239 e. The molecule has 1 aliphatic carbocycles. The average Bonchev–Trinajstić information content (AvgIpc) is 2.46. The Morgan fingerprint density at radius 3 is 2.37 bits per heavy atom. The fourth-order valence-electron chi connectivity index (χ4n) is 3.76. The number of amides is 1. The molecule has 1 amide bonds. The molecule has 1 heterocycles. The molecule has 1 saturated heterocycles. The fraction of sp³-hybridized carbons (Fsp3) is 0.875. The van der Waals surface area contributed by atoms with Gasteiger partial charge in [0.2, 0.25) is 5.91 Å². The fourth-order valence-corrected chi connectivity index (χ4v) is 3.76. The van der Waals surface area contributed by atoms with Crippen molar-refractivity contribution in [3.8, 4) is 6.07 Å². The topological polar surface area (TPSA) is 44.1 Å². The molecule has 0 N–H and O–H groups in total. The molecular weight excluding hydrogens is 236 g/mol. The molecule has 1 aliphatic heterocycles. The van der Waals surface area contributed by atoms with Gasteiger partial charge in [0.25, 0.3) is 0 Å². The number of piperidine rings is 1. The third-order valence-electron chi connectivity index (χ3n) is 5.08. The van der Waals surface area contributed by atoms with Crippen molar-refractivity contribution < 1.29 is 4.79 Å². The van der Waals surface area contributed by atoms with Crippen molar-refractivity contribution in [1.82, 2.24) is 4.90 Å². The van der Waals surface area contributed by atoms with E-state index >= 15 is 0 Å². The van der Waals surface area contributed by atoms with E-state index in [1.54, 1.807) is 0 Å². The van der Waals surface area contributed by atoms with Crippen molar-refractivity contribution in [2.45, 2.75) is 64.7 Å². The number of carbonyl (C=O) groups excluding carboxylic acids is 1. The van der Waals surface area contributed by atoms with Crippen molar-refractivity contribution in [3.63, 3.8) is 0 Å². The molecule has 1 saturated carbocycles. The summed E-state index contributed by atoms with van der Waals surface area (Å²) in [6.07, 6.45) is 10.7. The lowest BCUT2D eigenvalue weighted by Crippen LogP contribution is -2.45. The van der Waals surface area contributed by atoms with Crippen LogP contribution in [0.5, 0.6) is 0 Å². The molecule has 19 heavy (non-hydrogen) atoms. The lowest BCUT2D eigenvalue weighted by atomic mass is 9.68. The maximum absolute atomic E-state index is 12.3. The number of hydrogen-bond donors (Lipinski definition) is 0. The Kier molecular flexibility index (Phi) is 4.85. The summed E-state index contributed by atoms with van der Waals surface area (Å²) in [4.78, 5) is 14.2. The molecular formula is C16H26N2O. The number of hydrogen-bond acceptors (Lipinski definition) is 2. The quantitative estimate of drug-likeness (QED) is 0.781. The Balaban J connectivity index is 1.88. The zero-order valence-corrected chi connectivity index (χ0v) is 12.2. The Morgan fingerprint density at radius 1 is 1.21 bits per heavy atom. The van der Waals surface area contributed by atoms with E-state index in [9.17, 15) is 4.79 Å². The third kappa shape index (κ3) is 3.29. The van der Waals surface area contributed by atoms with Gasteiger partial charge in [0.1, 0.15) is 5.92 Å². The first-order valence-electron chi connectivity index (χ1n) is 7.89.